The number of fused-ring (bicyclic) bond motifs is 3. The third-order valence-corrected chi connectivity index (χ3v) is 5.02. The molecule has 2 aliphatic rings. The van der Waals surface area contributed by atoms with E-state index in [1.54, 1.807) is 0 Å². The third-order valence-electron chi connectivity index (χ3n) is 5.02. The molecule has 4 nitrogen and oxygen atoms in total. The normalized spacial score (nSPS) is 30.5. The van der Waals surface area contributed by atoms with Crippen molar-refractivity contribution in [1.82, 2.24) is 9.55 Å². The Morgan fingerprint density at radius 3 is 2.81 bits per heavy atom. The first-order chi connectivity index (χ1) is 10.2. The number of imidazole rings is 1. The molecule has 21 heavy (non-hydrogen) atoms. The summed E-state index contributed by atoms with van der Waals surface area (Å²) in [6.07, 6.45) is 6.56. The summed E-state index contributed by atoms with van der Waals surface area (Å²) in [6, 6.07) is 10.5. The van der Waals surface area contributed by atoms with E-state index in [-0.39, 0.29) is 12.0 Å². The molecule has 0 radical (unpaired) electrons. The standard InChI is InChI=1S/C17H17N3O/c18-9-12-5-7-17(21,8-6-12)16-14-4-2-1-3-13(14)15-10-19-11-20(15)16/h1-4,10-12,16,21H,5-8H2/t12?,16-,17?/m0/s1. The van der Waals surface area contributed by atoms with Crippen molar-refractivity contribution in [3.05, 3.63) is 42.4 Å². The van der Waals surface area contributed by atoms with Crippen LogP contribution in [0.1, 0.15) is 37.3 Å². The second-order valence-corrected chi connectivity index (χ2v) is 6.18. The van der Waals surface area contributed by atoms with Crippen LogP contribution in [0, 0.1) is 17.2 Å². The van der Waals surface area contributed by atoms with Gasteiger partial charge in [0.25, 0.3) is 0 Å². The Bertz CT molecular complexity index is 720. The van der Waals surface area contributed by atoms with Crippen molar-refractivity contribution >= 4 is 0 Å². The van der Waals surface area contributed by atoms with E-state index in [2.05, 4.69) is 27.8 Å². The van der Waals surface area contributed by atoms with Gasteiger partial charge in [-0.05, 0) is 31.2 Å². The smallest absolute Gasteiger partial charge is 0.0957 e. The van der Waals surface area contributed by atoms with Crippen molar-refractivity contribution in [2.45, 2.75) is 37.3 Å². The quantitative estimate of drug-likeness (QED) is 0.873. The van der Waals surface area contributed by atoms with Gasteiger partial charge in [-0.3, -0.25) is 0 Å². The van der Waals surface area contributed by atoms with Gasteiger partial charge >= 0.3 is 0 Å². The van der Waals surface area contributed by atoms with E-state index in [9.17, 15) is 5.11 Å². The SMILES string of the molecule is N#CC1CCC(O)([C@@H]2c3ccccc3-c3cncn32)CC1. The summed E-state index contributed by atoms with van der Waals surface area (Å²) >= 11 is 0. The molecule has 0 saturated heterocycles. The van der Waals surface area contributed by atoms with Gasteiger partial charge in [0.05, 0.1) is 35.9 Å². The Hall–Kier alpha value is -2.12. The van der Waals surface area contributed by atoms with Crippen LogP contribution in [0.5, 0.6) is 0 Å². The van der Waals surface area contributed by atoms with Crippen molar-refractivity contribution in [3.63, 3.8) is 0 Å². The Morgan fingerprint density at radius 1 is 1.29 bits per heavy atom. The largest absolute Gasteiger partial charge is 0.387 e. The van der Waals surface area contributed by atoms with Gasteiger partial charge in [-0.2, -0.15) is 5.26 Å². The number of aliphatic hydroxyl groups is 1. The second kappa shape index (κ2) is 4.44. The molecule has 4 rings (SSSR count). The number of nitriles is 1. The van der Waals surface area contributed by atoms with Crippen LogP contribution in [-0.2, 0) is 0 Å². The Morgan fingerprint density at radius 2 is 2.05 bits per heavy atom. The van der Waals surface area contributed by atoms with Crippen LogP contribution in [-0.4, -0.2) is 20.3 Å². The van der Waals surface area contributed by atoms with E-state index in [0.717, 1.165) is 24.1 Å². The molecule has 1 fully saturated rings. The minimum atomic E-state index is -0.782. The zero-order valence-corrected chi connectivity index (χ0v) is 11.7. The summed E-state index contributed by atoms with van der Waals surface area (Å²) < 4.78 is 2.09. The molecule has 1 aromatic heterocycles. The fourth-order valence-electron chi connectivity index (χ4n) is 3.91. The summed E-state index contributed by atoms with van der Waals surface area (Å²) in [7, 11) is 0. The molecular weight excluding hydrogens is 262 g/mol. The van der Waals surface area contributed by atoms with Gasteiger partial charge in [0.1, 0.15) is 0 Å². The molecule has 1 atom stereocenters. The lowest BCUT2D eigenvalue weighted by Crippen LogP contribution is -2.42. The first-order valence-electron chi connectivity index (χ1n) is 7.46. The topological polar surface area (TPSA) is 61.8 Å². The molecule has 106 valence electrons. The predicted molar refractivity (Wildman–Crippen MR) is 78.3 cm³/mol. The highest BCUT2D eigenvalue weighted by Crippen LogP contribution is 2.49. The number of rotatable bonds is 1. The number of hydrogen-bond acceptors (Lipinski definition) is 3. The van der Waals surface area contributed by atoms with Gasteiger partial charge in [0.2, 0.25) is 0 Å². The highest BCUT2D eigenvalue weighted by Gasteiger charge is 2.46. The summed E-state index contributed by atoms with van der Waals surface area (Å²) in [5.74, 6) is 0.0872. The maximum atomic E-state index is 11.2. The molecule has 4 heteroatoms. The molecule has 0 amide bonds. The van der Waals surface area contributed by atoms with Gasteiger partial charge < -0.3 is 9.67 Å². The van der Waals surface area contributed by atoms with Crippen LogP contribution in [0.3, 0.4) is 0 Å². The minimum absolute atomic E-state index is 0.0779. The molecule has 2 aromatic rings. The van der Waals surface area contributed by atoms with Gasteiger partial charge in [0.15, 0.2) is 0 Å². The maximum Gasteiger partial charge on any atom is 0.0957 e. The highest BCUT2D eigenvalue weighted by atomic mass is 16.3. The molecule has 0 bridgehead atoms. The molecule has 1 aromatic carbocycles. The summed E-state index contributed by atoms with van der Waals surface area (Å²) in [5.41, 5.74) is 2.63. The van der Waals surface area contributed by atoms with Gasteiger partial charge in [-0.15, -0.1) is 0 Å². The van der Waals surface area contributed by atoms with E-state index < -0.39 is 5.60 Å². The number of hydrogen-bond donors (Lipinski definition) is 1. The van der Waals surface area contributed by atoms with E-state index >= 15 is 0 Å². The van der Waals surface area contributed by atoms with Crippen molar-refractivity contribution in [2.75, 3.05) is 0 Å². The monoisotopic (exact) mass is 279 g/mol. The van der Waals surface area contributed by atoms with E-state index in [0.29, 0.717) is 12.8 Å². The molecule has 1 aliphatic carbocycles. The van der Waals surface area contributed by atoms with Gasteiger partial charge in [-0.1, -0.05) is 24.3 Å². The van der Waals surface area contributed by atoms with Crippen molar-refractivity contribution < 1.29 is 5.11 Å². The summed E-state index contributed by atoms with van der Waals surface area (Å²) in [4.78, 5) is 4.25. The zero-order valence-electron chi connectivity index (χ0n) is 11.7. The third kappa shape index (κ3) is 1.74. The molecule has 0 spiro atoms. The maximum absolute atomic E-state index is 11.2. The minimum Gasteiger partial charge on any atom is -0.387 e. The van der Waals surface area contributed by atoms with Crippen LogP contribution >= 0.6 is 0 Å². The van der Waals surface area contributed by atoms with Crippen molar-refractivity contribution in [3.8, 4) is 17.3 Å². The van der Waals surface area contributed by atoms with E-state index in [4.69, 9.17) is 5.26 Å². The average molecular weight is 279 g/mol. The van der Waals surface area contributed by atoms with Crippen LogP contribution in [0.2, 0.25) is 0 Å². The fourth-order valence-corrected chi connectivity index (χ4v) is 3.91. The molecule has 1 aliphatic heterocycles. The van der Waals surface area contributed by atoms with Crippen molar-refractivity contribution in [1.29, 1.82) is 5.26 Å². The number of aromatic nitrogens is 2. The second-order valence-electron chi connectivity index (χ2n) is 6.18. The van der Waals surface area contributed by atoms with E-state index in [1.165, 1.54) is 5.56 Å². The molecular formula is C17H17N3O. The van der Waals surface area contributed by atoms with Crippen LogP contribution < -0.4 is 0 Å². The average Bonchev–Trinajstić information content (AvgIpc) is 3.08. The zero-order chi connectivity index (χ0) is 14.4. The molecule has 0 unspecified atom stereocenters. The lowest BCUT2D eigenvalue weighted by molar-refractivity contribution is -0.0344. The predicted octanol–water partition coefficient (Wildman–Crippen LogP) is 2.90. The van der Waals surface area contributed by atoms with Gasteiger partial charge in [0, 0.05) is 11.5 Å². The summed E-state index contributed by atoms with van der Waals surface area (Å²) in [6.45, 7) is 0. The lowest BCUT2D eigenvalue weighted by Gasteiger charge is -2.39. The van der Waals surface area contributed by atoms with Crippen LogP contribution in [0.15, 0.2) is 36.8 Å². The van der Waals surface area contributed by atoms with E-state index in [1.807, 2.05) is 24.7 Å². The van der Waals surface area contributed by atoms with Crippen LogP contribution in [0.25, 0.3) is 11.3 Å². The molecule has 1 saturated carbocycles. The Labute approximate surface area is 123 Å². The lowest BCUT2D eigenvalue weighted by atomic mass is 9.73. The molecule has 1 N–H and O–H groups in total. The van der Waals surface area contributed by atoms with Crippen LogP contribution in [0.4, 0.5) is 0 Å². The Kier molecular flexibility index (Phi) is 2.66. The Balaban J connectivity index is 1.78. The number of benzene rings is 1. The molecule has 2 heterocycles. The first kappa shape index (κ1) is 12.6. The first-order valence-corrected chi connectivity index (χ1v) is 7.46. The fraction of sp³-hybridized carbons (Fsp3) is 0.412. The van der Waals surface area contributed by atoms with Crippen molar-refractivity contribution in [2.24, 2.45) is 5.92 Å². The number of nitrogens with zero attached hydrogens (tertiary/aromatic N) is 3. The van der Waals surface area contributed by atoms with Gasteiger partial charge in [-0.25, -0.2) is 4.98 Å². The highest BCUT2D eigenvalue weighted by molar-refractivity contribution is 5.69. The summed E-state index contributed by atoms with van der Waals surface area (Å²) in [5, 5.41) is 20.3.